The first-order valence-electron chi connectivity index (χ1n) is 5.66. The number of allylic oxidation sites excluding steroid dienone is 5. The van der Waals surface area contributed by atoms with Crippen molar-refractivity contribution in [3.05, 3.63) is 64.7 Å². The van der Waals surface area contributed by atoms with Crippen molar-refractivity contribution >= 4 is 29.1 Å². The van der Waals surface area contributed by atoms with Gasteiger partial charge in [0.2, 0.25) is 0 Å². The Labute approximate surface area is 120 Å². The average Bonchev–Trinajstić information content (AvgIpc) is 2.44. The molecule has 3 N–H and O–H groups in total. The number of hydroxylamine groups is 2. The number of amides is 1. The molecule has 0 unspecified atom stereocenters. The van der Waals surface area contributed by atoms with Crippen LogP contribution in [0.4, 0.5) is 4.79 Å². The Bertz CT molecular complexity index is 648. The number of benzene rings is 1. The summed E-state index contributed by atoms with van der Waals surface area (Å²) < 4.78 is 0. The van der Waals surface area contributed by atoms with E-state index in [0.29, 0.717) is 10.6 Å². The molecule has 0 spiro atoms. The lowest BCUT2D eigenvalue weighted by molar-refractivity contribution is -0.0101. The average molecular weight is 291 g/mol. The van der Waals surface area contributed by atoms with Crippen LogP contribution in [0.25, 0.3) is 5.70 Å². The summed E-state index contributed by atoms with van der Waals surface area (Å²) in [6, 6.07) is 8.46. The van der Waals surface area contributed by atoms with Gasteiger partial charge in [0.25, 0.3) is 0 Å². The van der Waals surface area contributed by atoms with Crippen molar-refractivity contribution < 1.29 is 15.1 Å². The van der Waals surface area contributed by atoms with Gasteiger partial charge in [-0.3, -0.25) is 5.21 Å². The van der Waals surface area contributed by atoms with Gasteiger partial charge in [0.05, 0.1) is 11.4 Å². The summed E-state index contributed by atoms with van der Waals surface area (Å²) in [5, 5.41) is 27.1. The third-order valence-electron chi connectivity index (χ3n) is 2.68. The summed E-state index contributed by atoms with van der Waals surface area (Å²) in [5.41, 5.74) is 0.751. The second-order valence-corrected chi connectivity index (χ2v) is 4.44. The molecule has 1 aliphatic carbocycles. The maximum atomic E-state index is 11.0. The second kappa shape index (κ2) is 5.73. The number of rotatable bonds is 2. The lowest BCUT2D eigenvalue weighted by Crippen LogP contribution is -2.26. The molecule has 1 aromatic carbocycles. The van der Waals surface area contributed by atoms with Crippen LogP contribution in [0.2, 0.25) is 0 Å². The smallest absolute Gasteiger partial charge is 0.436 e. The molecule has 0 radical (unpaired) electrons. The fraction of sp³-hybridized carbons (Fsp3) is 0. The summed E-state index contributed by atoms with van der Waals surface area (Å²) >= 11 is 5.89. The Morgan fingerprint density at radius 2 is 1.85 bits per heavy atom. The molecule has 0 aliphatic heterocycles. The standard InChI is InChI=1S/C14H11ClN2O3/c15-10-6-7-12(16)11(8-10)13(17(20)14(18)19)9-4-2-1-3-5-9/h1-8,16,20H,(H,18,19)/b13-11-,16-12?. The fourth-order valence-electron chi connectivity index (χ4n) is 1.80. The van der Waals surface area contributed by atoms with Crippen molar-refractivity contribution in [2.75, 3.05) is 0 Å². The fourth-order valence-corrected chi connectivity index (χ4v) is 1.97. The predicted molar refractivity (Wildman–Crippen MR) is 75.8 cm³/mol. The Morgan fingerprint density at radius 3 is 2.45 bits per heavy atom. The molecular weight excluding hydrogens is 280 g/mol. The molecule has 0 saturated heterocycles. The molecule has 20 heavy (non-hydrogen) atoms. The Hall–Kier alpha value is -2.37. The van der Waals surface area contributed by atoms with E-state index in [1.165, 1.54) is 18.2 Å². The molecule has 1 aliphatic rings. The maximum absolute atomic E-state index is 11.0. The number of hydrogen-bond donors (Lipinski definition) is 3. The molecule has 5 nitrogen and oxygen atoms in total. The molecule has 0 atom stereocenters. The summed E-state index contributed by atoms with van der Waals surface area (Å²) in [5.74, 6) is 0. The second-order valence-electron chi connectivity index (χ2n) is 4.00. The minimum Gasteiger partial charge on any atom is -0.463 e. The van der Waals surface area contributed by atoms with Gasteiger partial charge in [0, 0.05) is 16.2 Å². The van der Waals surface area contributed by atoms with Gasteiger partial charge in [-0.15, -0.1) is 0 Å². The molecule has 0 fully saturated rings. The third-order valence-corrected chi connectivity index (χ3v) is 2.91. The number of nitrogens with zero attached hydrogens (tertiary/aromatic N) is 1. The number of carboxylic acid groups (broad SMARTS) is 1. The van der Waals surface area contributed by atoms with E-state index in [-0.39, 0.29) is 22.0 Å². The van der Waals surface area contributed by atoms with Crippen LogP contribution >= 0.6 is 11.6 Å². The molecular formula is C14H11ClN2O3. The van der Waals surface area contributed by atoms with Crippen molar-refractivity contribution in [3.63, 3.8) is 0 Å². The Morgan fingerprint density at radius 1 is 1.20 bits per heavy atom. The van der Waals surface area contributed by atoms with Gasteiger partial charge in [-0.2, -0.15) is 5.06 Å². The number of nitrogens with one attached hydrogen (secondary N) is 1. The van der Waals surface area contributed by atoms with Gasteiger partial charge in [-0.1, -0.05) is 41.9 Å². The molecule has 2 rings (SSSR count). The van der Waals surface area contributed by atoms with Crippen molar-refractivity contribution in [2.24, 2.45) is 0 Å². The summed E-state index contributed by atoms with van der Waals surface area (Å²) in [6.45, 7) is 0. The molecule has 0 bridgehead atoms. The molecule has 1 aromatic rings. The molecule has 0 saturated carbocycles. The SMILES string of the molecule is N=C1C=CC(Cl)=C/C1=C(\c1ccccc1)N(O)C(=O)O. The Kier molecular flexibility index (Phi) is 4.02. The van der Waals surface area contributed by atoms with E-state index >= 15 is 0 Å². The van der Waals surface area contributed by atoms with Gasteiger partial charge >= 0.3 is 6.09 Å². The van der Waals surface area contributed by atoms with Crippen molar-refractivity contribution in [3.8, 4) is 0 Å². The van der Waals surface area contributed by atoms with Gasteiger partial charge in [-0.05, 0) is 18.2 Å². The lowest BCUT2D eigenvalue weighted by atomic mass is 9.98. The van der Waals surface area contributed by atoms with Crippen molar-refractivity contribution in [2.45, 2.75) is 0 Å². The molecule has 6 heteroatoms. The van der Waals surface area contributed by atoms with Crippen LogP contribution in [0.3, 0.4) is 0 Å². The van der Waals surface area contributed by atoms with Gasteiger partial charge in [-0.25, -0.2) is 4.79 Å². The van der Waals surface area contributed by atoms with Crippen LogP contribution in [-0.2, 0) is 0 Å². The topological polar surface area (TPSA) is 84.6 Å². The highest BCUT2D eigenvalue weighted by Crippen LogP contribution is 2.27. The minimum absolute atomic E-state index is 0.00870. The first kappa shape index (κ1) is 14.0. The summed E-state index contributed by atoms with van der Waals surface area (Å²) in [7, 11) is 0. The quantitative estimate of drug-likeness (QED) is 0.576. The third kappa shape index (κ3) is 2.79. The highest BCUT2D eigenvalue weighted by Gasteiger charge is 2.22. The van der Waals surface area contributed by atoms with Crippen molar-refractivity contribution in [1.82, 2.24) is 5.06 Å². The highest BCUT2D eigenvalue weighted by molar-refractivity contribution is 6.33. The van der Waals surface area contributed by atoms with Crippen LogP contribution in [0.15, 0.2) is 59.2 Å². The minimum atomic E-state index is -1.54. The van der Waals surface area contributed by atoms with Gasteiger partial charge in [0.15, 0.2) is 0 Å². The first-order valence-corrected chi connectivity index (χ1v) is 6.04. The highest BCUT2D eigenvalue weighted by atomic mass is 35.5. The van der Waals surface area contributed by atoms with Gasteiger partial charge < -0.3 is 10.5 Å². The first-order chi connectivity index (χ1) is 9.50. The van der Waals surface area contributed by atoms with E-state index in [1.54, 1.807) is 30.3 Å². The van der Waals surface area contributed by atoms with Crippen LogP contribution in [0, 0.1) is 5.41 Å². The van der Waals surface area contributed by atoms with E-state index in [2.05, 4.69) is 0 Å². The number of halogens is 1. The molecule has 0 heterocycles. The predicted octanol–water partition coefficient (Wildman–Crippen LogP) is 3.48. The monoisotopic (exact) mass is 290 g/mol. The zero-order chi connectivity index (χ0) is 14.7. The van der Waals surface area contributed by atoms with Crippen LogP contribution < -0.4 is 0 Å². The number of hydrogen-bond acceptors (Lipinski definition) is 3. The maximum Gasteiger partial charge on any atom is 0.436 e. The van der Waals surface area contributed by atoms with E-state index in [0.717, 1.165) is 0 Å². The molecule has 1 amide bonds. The summed E-state index contributed by atoms with van der Waals surface area (Å²) in [4.78, 5) is 11.0. The molecule has 0 aromatic heterocycles. The summed E-state index contributed by atoms with van der Waals surface area (Å²) in [6.07, 6.45) is 2.87. The molecule has 102 valence electrons. The van der Waals surface area contributed by atoms with E-state index in [4.69, 9.17) is 22.1 Å². The van der Waals surface area contributed by atoms with Crippen LogP contribution in [0.5, 0.6) is 0 Å². The Balaban J connectivity index is 2.67. The normalized spacial score (nSPS) is 16.7. The lowest BCUT2D eigenvalue weighted by Gasteiger charge is -2.20. The van der Waals surface area contributed by atoms with Crippen molar-refractivity contribution in [1.29, 1.82) is 5.41 Å². The zero-order valence-electron chi connectivity index (χ0n) is 10.2. The zero-order valence-corrected chi connectivity index (χ0v) is 11.0. The van der Waals surface area contributed by atoms with Gasteiger partial charge in [0.1, 0.15) is 0 Å². The van der Waals surface area contributed by atoms with E-state index in [1.807, 2.05) is 0 Å². The van der Waals surface area contributed by atoms with E-state index < -0.39 is 6.09 Å². The number of carbonyl (C=O) groups is 1. The van der Waals surface area contributed by atoms with E-state index in [9.17, 15) is 10.0 Å². The van der Waals surface area contributed by atoms with Crippen LogP contribution in [0.1, 0.15) is 5.56 Å². The largest absolute Gasteiger partial charge is 0.463 e. The van der Waals surface area contributed by atoms with Crippen LogP contribution in [-0.4, -0.2) is 27.2 Å².